The third kappa shape index (κ3) is 1.69. The molecule has 0 heterocycles. The lowest BCUT2D eigenvalue weighted by Gasteiger charge is -2.19. The summed E-state index contributed by atoms with van der Waals surface area (Å²) in [5, 5.41) is 0. The lowest BCUT2D eigenvalue weighted by atomic mass is 9.89. The summed E-state index contributed by atoms with van der Waals surface area (Å²) in [4.78, 5) is 0. The van der Waals surface area contributed by atoms with Gasteiger partial charge in [0.15, 0.2) is 0 Å². The molecule has 0 N–H and O–H groups in total. The number of hydrogen-bond donors (Lipinski definition) is 0. The highest BCUT2D eigenvalue weighted by molar-refractivity contribution is 5.43. The minimum Gasteiger partial charge on any atom is -0.457 e. The molecule has 0 amide bonds. The monoisotopic (exact) mass is 210 g/mol. The fourth-order valence-electron chi connectivity index (χ4n) is 1.98. The topological polar surface area (TPSA) is 9.23 Å². The molecule has 0 saturated carbocycles. The van der Waals surface area contributed by atoms with E-state index in [1.165, 1.54) is 29.5 Å². The Morgan fingerprint density at radius 3 is 2.12 bits per heavy atom. The summed E-state index contributed by atoms with van der Waals surface area (Å²) < 4.78 is 5.80. The van der Waals surface area contributed by atoms with Crippen LogP contribution in [-0.2, 0) is 12.8 Å². The normalized spacial score (nSPS) is 12.8. The Kier molecular flexibility index (Phi) is 2.17. The Balaban J connectivity index is 1.83. The summed E-state index contributed by atoms with van der Waals surface area (Å²) in [5.41, 5.74) is 4.16. The molecule has 1 heteroatoms. The molecule has 0 saturated heterocycles. The second-order valence-electron chi connectivity index (χ2n) is 4.35. The Hall–Kier alpha value is -1.76. The molecule has 1 aliphatic carbocycles. The Labute approximate surface area is 95.7 Å². The van der Waals surface area contributed by atoms with Crippen LogP contribution in [-0.4, -0.2) is 0 Å². The number of hydrogen-bond acceptors (Lipinski definition) is 1. The maximum Gasteiger partial charge on any atom is 0.127 e. The minimum absolute atomic E-state index is 0.907. The quantitative estimate of drug-likeness (QED) is 0.730. The van der Waals surface area contributed by atoms with Crippen LogP contribution in [0.5, 0.6) is 11.5 Å². The van der Waals surface area contributed by atoms with Crippen LogP contribution in [0.15, 0.2) is 42.5 Å². The first-order valence-corrected chi connectivity index (χ1v) is 5.67. The van der Waals surface area contributed by atoms with Crippen molar-refractivity contribution >= 4 is 0 Å². The zero-order chi connectivity index (χ0) is 11.0. The lowest BCUT2D eigenvalue weighted by Crippen LogP contribution is -2.07. The lowest BCUT2D eigenvalue weighted by molar-refractivity contribution is 0.480. The van der Waals surface area contributed by atoms with Gasteiger partial charge in [0.2, 0.25) is 0 Å². The number of fused-ring (bicyclic) bond motifs is 1. The Morgan fingerprint density at radius 2 is 1.50 bits per heavy atom. The molecule has 1 nitrogen and oxygen atoms in total. The summed E-state index contributed by atoms with van der Waals surface area (Å²) in [5.74, 6) is 1.85. The van der Waals surface area contributed by atoms with Gasteiger partial charge in [-0.1, -0.05) is 23.8 Å². The molecular formula is C15H14O. The largest absolute Gasteiger partial charge is 0.457 e. The van der Waals surface area contributed by atoms with E-state index in [0.717, 1.165) is 11.5 Å². The Morgan fingerprint density at radius 1 is 0.812 bits per heavy atom. The molecule has 0 spiro atoms. The van der Waals surface area contributed by atoms with Gasteiger partial charge in [0.05, 0.1) is 0 Å². The minimum atomic E-state index is 0.907. The van der Waals surface area contributed by atoms with Gasteiger partial charge in [0.25, 0.3) is 0 Å². The zero-order valence-corrected chi connectivity index (χ0v) is 9.36. The molecule has 0 unspecified atom stereocenters. The van der Waals surface area contributed by atoms with E-state index in [2.05, 4.69) is 37.3 Å². The van der Waals surface area contributed by atoms with Gasteiger partial charge in [-0.25, -0.2) is 0 Å². The summed E-state index contributed by atoms with van der Waals surface area (Å²) in [6.07, 6.45) is 2.42. The average Bonchev–Trinajstić information content (AvgIpc) is 2.26. The van der Waals surface area contributed by atoms with E-state index >= 15 is 0 Å². The third-order valence-corrected chi connectivity index (χ3v) is 3.10. The van der Waals surface area contributed by atoms with E-state index in [1.54, 1.807) is 0 Å². The van der Waals surface area contributed by atoms with E-state index in [4.69, 9.17) is 4.74 Å². The van der Waals surface area contributed by atoms with Crippen molar-refractivity contribution in [3.8, 4) is 11.5 Å². The predicted molar refractivity (Wildman–Crippen MR) is 65.1 cm³/mol. The molecule has 0 aliphatic heterocycles. The van der Waals surface area contributed by atoms with Crippen molar-refractivity contribution in [1.29, 1.82) is 0 Å². The maximum atomic E-state index is 5.80. The van der Waals surface area contributed by atoms with Crippen LogP contribution >= 0.6 is 0 Å². The molecule has 1 aliphatic rings. The van der Waals surface area contributed by atoms with Crippen molar-refractivity contribution in [2.24, 2.45) is 0 Å². The first-order chi connectivity index (χ1) is 7.81. The molecule has 3 rings (SSSR count). The number of aryl methyl sites for hydroxylation is 3. The molecule has 2 aromatic rings. The van der Waals surface area contributed by atoms with Gasteiger partial charge in [-0.2, -0.15) is 0 Å². The van der Waals surface area contributed by atoms with Crippen LogP contribution in [0.25, 0.3) is 0 Å². The van der Waals surface area contributed by atoms with E-state index in [0.29, 0.717) is 0 Å². The maximum absolute atomic E-state index is 5.80. The van der Waals surface area contributed by atoms with Gasteiger partial charge in [0, 0.05) is 0 Å². The van der Waals surface area contributed by atoms with Crippen LogP contribution in [0.1, 0.15) is 16.7 Å². The molecule has 0 radical (unpaired) electrons. The van der Waals surface area contributed by atoms with Crippen molar-refractivity contribution in [3.63, 3.8) is 0 Å². The van der Waals surface area contributed by atoms with Crippen molar-refractivity contribution in [2.45, 2.75) is 19.8 Å². The molecular weight excluding hydrogens is 196 g/mol. The molecule has 0 aromatic heterocycles. The first kappa shape index (κ1) is 9.46. The van der Waals surface area contributed by atoms with E-state index < -0.39 is 0 Å². The van der Waals surface area contributed by atoms with Crippen LogP contribution in [0.3, 0.4) is 0 Å². The number of rotatable bonds is 2. The zero-order valence-electron chi connectivity index (χ0n) is 9.36. The molecule has 0 fully saturated rings. The van der Waals surface area contributed by atoms with Gasteiger partial charge < -0.3 is 4.74 Å². The Bertz CT molecular complexity index is 511. The fourth-order valence-corrected chi connectivity index (χ4v) is 1.98. The smallest absolute Gasteiger partial charge is 0.127 e. The van der Waals surface area contributed by atoms with E-state index in [-0.39, 0.29) is 0 Å². The second-order valence-corrected chi connectivity index (χ2v) is 4.35. The van der Waals surface area contributed by atoms with Crippen LogP contribution in [0.4, 0.5) is 0 Å². The van der Waals surface area contributed by atoms with Gasteiger partial charge in [-0.05, 0) is 55.2 Å². The van der Waals surface area contributed by atoms with Crippen molar-refractivity contribution in [1.82, 2.24) is 0 Å². The highest BCUT2D eigenvalue weighted by Crippen LogP contribution is 2.29. The number of benzene rings is 2. The van der Waals surface area contributed by atoms with Gasteiger partial charge >= 0.3 is 0 Å². The summed E-state index contributed by atoms with van der Waals surface area (Å²) in [6.45, 7) is 2.08. The number of ether oxygens (including phenoxy) is 1. The van der Waals surface area contributed by atoms with Gasteiger partial charge in [0.1, 0.15) is 11.5 Å². The SMILES string of the molecule is Cc1ccc(Oc2ccc3c(c2)CC3)cc1. The van der Waals surface area contributed by atoms with E-state index in [9.17, 15) is 0 Å². The average molecular weight is 210 g/mol. The van der Waals surface area contributed by atoms with Crippen molar-refractivity contribution in [3.05, 3.63) is 59.2 Å². The van der Waals surface area contributed by atoms with E-state index in [1.807, 2.05) is 12.1 Å². The molecule has 80 valence electrons. The highest BCUT2D eigenvalue weighted by atomic mass is 16.5. The van der Waals surface area contributed by atoms with Crippen molar-refractivity contribution < 1.29 is 4.74 Å². The second kappa shape index (κ2) is 3.67. The predicted octanol–water partition coefficient (Wildman–Crippen LogP) is 3.89. The van der Waals surface area contributed by atoms with Crippen LogP contribution in [0, 0.1) is 6.92 Å². The standard InChI is InChI=1S/C15H14O/c1-11-2-7-14(8-3-11)16-15-9-6-12-4-5-13(12)10-15/h2-3,6-10H,4-5H2,1H3. The summed E-state index contributed by atoms with van der Waals surface area (Å²) in [7, 11) is 0. The van der Waals surface area contributed by atoms with Crippen LogP contribution in [0.2, 0.25) is 0 Å². The van der Waals surface area contributed by atoms with Gasteiger partial charge in [-0.15, -0.1) is 0 Å². The fraction of sp³-hybridized carbons (Fsp3) is 0.200. The first-order valence-electron chi connectivity index (χ1n) is 5.67. The van der Waals surface area contributed by atoms with Gasteiger partial charge in [-0.3, -0.25) is 0 Å². The summed E-state index contributed by atoms with van der Waals surface area (Å²) >= 11 is 0. The van der Waals surface area contributed by atoms with Crippen molar-refractivity contribution in [2.75, 3.05) is 0 Å². The third-order valence-electron chi connectivity index (χ3n) is 3.10. The molecule has 0 bridgehead atoms. The van der Waals surface area contributed by atoms with Crippen LogP contribution < -0.4 is 4.74 Å². The molecule has 0 atom stereocenters. The summed E-state index contributed by atoms with van der Waals surface area (Å²) in [6, 6.07) is 14.5. The molecule has 16 heavy (non-hydrogen) atoms. The highest BCUT2D eigenvalue weighted by Gasteiger charge is 2.13. The molecule has 2 aromatic carbocycles.